The van der Waals surface area contributed by atoms with Crippen LogP contribution in [0.15, 0.2) is 78.9 Å². The molecular formula is C23H24BrNO4S. The number of hydrogen-bond acceptors (Lipinski definition) is 4. The van der Waals surface area contributed by atoms with E-state index >= 15 is 0 Å². The molecule has 0 saturated carbocycles. The van der Waals surface area contributed by atoms with Gasteiger partial charge < -0.3 is 9.84 Å². The van der Waals surface area contributed by atoms with Crippen molar-refractivity contribution < 1.29 is 18.3 Å². The molecule has 0 amide bonds. The van der Waals surface area contributed by atoms with Crippen LogP contribution in [0, 0.1) is 0 Å². The number of halogens is 1. The number of ether oxygens (including phenoxy) is 1. The van der Waals surface area contributed by atoms with Gasteiger partial charge in [0.25, 0.3) is 0 Å². The van der Waals surface area contributed by atoms with Gasteiger partial charge in [0, 0.05) is 5.33 Å². The summed E-state index contributed by atoms with van der Waals surface area (Å²) in [6, 6.07) is 24.2. The van der Waals surface area contributed by atoms with E-state index in [4.69, 9.17) is 4.74 Å². The maximum absolute atomic E-state index is 12.7. The highest BCUT2D eigenvalue weighted by Crippen LogP contribution is 2.35. The number of alkyl halides is 1. The number of aliphatic hydroxyl groups is 1. The number of nitrogens with zero attached hydrogens (tertiary/aromatic N) is 1. The third-order valence-electron chi connectivity index (χ3n) is 4.59. The summed E-state index contributed by atoms with van der Waals surface area (Å²) >= 11 is 3.27. The summed E-state index contributed by atoms with van der Waals surface area (Å²) in [7, 11) is -3.61. The predicted octanol–water partition coefficient (Wildman–Crippen LogP) is 4.66. The standard InChI is InChI=1S/C23H24BrNO4S/c1-30(27,28)25(16-18-8-4-2-5-9-18)21-14-20(22(26)15-24)12-13-23(21)29-17-19-10-6-3-7-11-19/h2-14,22,26H,15-17H2,1H3. The molecule has 3 rings (SSSR count). The molecular weight excluding hydrogens is 466 g/mol. The Labute approximate surface area is 186 Å². The van der Waals surface area contributed by atoms with E-state index < -0.39 is 16.1 Å². The third-order valence-corrected chi connectivity index (χ3v) is 6.33. The van der Waals surface area contributed by atoms with Crippen molar-refractivity contribution in [2.24, 2.45) is 0 Å². The molecule has 0 aliphatic rings. The van der Waals surface area contributed by atoms with Gasteiger partial charge >= 0.3 is 0 Å². The lowest BCUT2D eigenvalue weighted by Gasteiger charge is -2.26. The molecule has 0 bridgehead atoms. The van der Waals surface area contributed by atoms with Crippen LogP contribution in [-0.2, 0) is 23.2 Å². The Morgan fingerprint density at radius 2 is 1.57 bits per heavy atom. The Kier molecular flexibility index (Phi) is 7.53. The van der Waals surface area contributed by atoms with Gasteiger partial charge in [0.05, 0.1) is 24.6 Å². The largest absolute Gasteiger partial charge is 0.487 e. The monoisotopic (exact) mass is 489 g/mol. The summed E-state index contributed by atoms with van der Waals surface area (Å²) in [6.45, 7) is 0.465. The Morgan fingerprint density at radius 3 is 2.13 bits per heavy atom. The Hall–Kier alpha value is -2.35. The van der Waals surface area contributed by atoms with E-state index in [1.165, 1.54) is 10.6 Å². The molecule has 0 saturated heterocycles. The number of sulfonamides is 1. The Balaban J connectivity index is 2.01. The lowest BCUT2D eigenvalue weighted by atomic mass is 10.1. The van der Waals surface area contributed by atoms with E-state index in [0.29, 0.717) is 28.9 Å². The zero-order valence-corrected chi connectivity index (χ0v) is 19.0. The minimum atomic E-state index is -3.61. The molecule has 0 fully saturated rings. The molecule has 5 nitrogen and oxygen atoms in total. The predicted molar refractivity (Wildman–Crippen MR) is 123 cm³/mol. The SMILES string of the molecule is CS(=O)(=O)N(Cc1ccccc1)c1cc(C(O)CBr)ccc1OCc1ccccc1. The number of benzene rings is 3. The molecule has 7 heteroatoms. The average Bonchev–Trinajstić information content (AvgIpc) is 2.76. The number of hydrogen-bond donors (Lipinski definition) is 1. The first-order valence-corrected chi connectivity index (χ1v) is 12.4. The van der Waals surface area contributed by atoms with Crippen LogP contribution in [-0.4, -0.2) is 25.1 Å². The number of rotatable bonds is 9. The molecule has 1 atom stereocenters. The molecule has 3 aromatic rings. The van der Waals surface area contributed by atoms with Gasteiger partial charge in [-0.05, 0) is 28.8 Å². The number of aliphatic hydroxyl groups excluding tert-OH is 1. The van der Waals surface area contributed by atoms with Crippen molar-refractivity contribution in [1.82, 2.24) is 0 Å². The maximum atomic E-state index is 12.7. The first-order chi connectivity index (χ1) is 14.4. The van der Waals surface area contributed by atoms with Crippen molar-refractivity contribution in [3.63, 3.8) is 0 Å². The summed E-state index contributed by atoms with van der Waals surface area (Å²) in [5, 5.41) is 10.6. The summed E-state index contributed by atoms with van der Waals surface area (Å²) in [6.07, 6.45) is 0.412. The quantitative estimate of drug-likeness (QED) is 0.443. The van der Waals surface area contributed by atoms with Gasteiger partial charge in [-0.3, -0.25) is 4.31 Å². The van der Waals surface area contributed by atoms with Crippen LogP contribution >= 0.6 is 15.9 Å². The Bertz CT molecular complexity index is 1060. The van der Waals surface area contributed by atoms with Crippen molar-refractivity contribution in [2.75, 3.05) is 15.9 Å². The average molecular weight is 490 g/mol. The fraction of sp³-hybridized carbons (Fsp3) is 0.217. The molecule has 30 heavy (non-hydrogen) atoms. The van der Waals surface area contributed by atoms with Gasteiger partial charge in [0.1, 0.15) is 12.4 Å². The molecule has 158 valence electrons. The van der Waals surface area contributed by atoms with Gasteiger partial charge in [-0.1, -0.05) is 82.7 Å². The molecule has 0 spiro atoms. The van der Waals surface area contributed by atoms with Gasteiger partial charge in [0.2, 0.25) is 10.0 Å². The number of anilines is 1. The van der Waals surface area contributed by atoms with Crippen molar-refractivity contribution in [2.45, 2.75) is 19.3 Å². The van der Waals surface area contributed by atoms with Crippen LogP contribution in [0.4, 0.5) is 5.69 Å². The highest BCUT2D eigenvalue weighted by Gasteiger charge is 2.23. The van der Waals surface area contributed by atoms with E-state index in [9.17, 15) is 13.5 Å². The van der Waals surface area contributed by atoms with Crippen LogP contribution in [0.3, 0.4) is 0 Å². The summed E-state index contributed by atoms with van der Waals surface area (Å²) in [5.41, 5.74) is 2.83. The van der Waals surface area contributed by atoms with Crippen LogP contribution in [0.2, 0.25) is 0 Å². The summed E-state index contributed by atoms with van der Waals surface area (Å²) in [5.74, 6) is 0.436. The molecule has 3 aromatic carbocycles. The second kappa shape index (κ2) is 10.1. The normalized spacial score (nSPS) is 12.4. The van der Waals surface area contributed by atoms with Crippen LogP contribution in [0.1, 0.15) is 22.8 Å². The van der Waals surface area contributed by atoms with Gasteiger partial charge in [-0.2, -0.15) is 0 Å². The van der Waals surface area contributed by atoms with E-state index in [-0.39, 0.29) is 6.54 Å². The van der Waals surface area contributed by atoms with E-state index in [1.807, 2.05) is 60.7 Å². The molecule has 1 unspecified atom stereocenters. The van der Waals surface area contributed by atoms with Gasteiger partial charge in [-0.25, -0.2) is 8.42 Å². The first kappa shape index (κ1) is 22.3. The lowest BCUT2D eigenvalue weighted by molar-refractivity contribution is 0.205. The molecule has 1 N–H and O–H groups in total. The molecule has 0 radical (unpaired) electrons. The Morgan fingerprint density at radius 1 is 0.967 bits per heavy atom. The van der Waals surface area contributed by atoms with Crippen molar-refractivity contribution in [3.8, 4) is 5.75 Å². The highest BCUT2D eigenvalue weighted by molar-refractivity contribution is 9.09. The van der Waals surface area contributed by atoms with Crippen LogP contribution in [0.25, 0.3) is 0 Å². The minimum absolute atomic E-state index is 0.162. The highest BCUT2D eigenvalue weighted by atomic mass is 79.9. The van der Waals surface area contributed by atoms with Crippen molar-refractivity contribution in [1.29, 1.82) is 0 Å². The zero-order chi connectivity index (χ0) is 21.6. The van der Waals surface area contributed by atoms with E-state index in [1.54, 1.807) is 18.2 Å². The van der Waals surface area contributed by atoms with Crippen molar-refractivity contribution >= 4 is 31.6 Å². The molecule has 0 aromatic heterocycles. The second-order valence-corrected chi connectivity index (χ2v) is 9.48. The third kappa shape index (κ3) is 5.84. The van der Waals surface area contributed by atoms with Crippen molar-refractivity contribution in [3.05, 3.63) is 95.6 Å². The summed E-state index contributed by atoms with van der Waals surface area (Å²) in [4.78, 5) is 0. The summed E-state index contributed by atoms with van der Waals surface area (Å²) < 4.78 is 32.7. The van der Waals surface area contributed by atoms with Gasteiger partial charge in [0.15, 0.2) is 0 Å². The smallest absolute Gasteiger partial charge is 0.232 e. The van der Waals surface area contributed by atoms with Gasteiger partial charge in [-0.15, -0.1) is 0 Å². The topological polar surface area (TPSA) is 66.8 Å². The molecule has 0 aliphatic carbocycles. The van der Waals surface area contributed by atoms with E-state index in [0.717, 1.165) is 11.1 Å². The minimum Gasteiger partial charge on any atom is -0.487 e. The zero-order valence-electron chi connectivity index (χ0n) is 16.6. The first-order valence-electron chi connectivity index (χ1n) is 9.45. The van der Waals surface area contributed by atoms with Crippen LogP contribution in [0.5, 0.6) is 5.75 Å². The fourth-order valence-electron chi connectivity index (χ4n) is 3.01. The van der Waals surface area contributed by atoms with E-state index in [2.05, 4.69) is 15.9 Å². The maximum Gasteiger partial charge on any atom is 0.232 e. The van der Waals surface area contributed by atoms with Crippen LogP contribution < -0.4 is 9.04 Å². The second-order valence-electron chi connectivity index (χ2n) is 6.93. The fourth-order valence-corrected chi connectivity index (χ4v) is 4.27. The lowest BCUT2D eigenvalue weighted by Crippen LogP contribution is -2.30. The molecule has 0 heterocycles. The molecule has 0 aliphatic heterocycles.